The molecule has 1 unspecified atom stereocenters. The van der Waals surface area contributed by atoms with Gasteiger partial charge in [0.15, 0.2) is 0 Å². The highest BCUT2D eigenvalue weighted by Crippen LogP contribution is 2.67. The molecule has 0 bridgehead atoms. The predicted molar refractivity (Wildman–Crippen MR) is 130 cm³/mol. The van der Waals surface area contributed by atoms with Crippen molar-refractivity contribution in [3.05, 3.63) is 0 Å². The fourth-order valence-corrected chi connectivity index (χ4v) is 9.41. The fourth-order valence-electron chi connectivity index (χ4n) is 8.62. The third-order valence-electron chi connectivity index (χ3n) is 10.4. The lowest BCUT2D eigenvalue weighted by Gasteiger charge is -2.61. The minimum atomic E-state index is -0.417. The van der Waals surface area contributed by atoms with E-state index in [1.54, 1.807) is 0 Å². The van der Waals surface area contributed by atoms with E-state index >= 15 is 0 Å². The van der Waals surface area contributed by atoms with Gasteiger partial charge in [-0.25, -0.2) is 0 Å². The van der Waals surface area contributed by atoms with Crippen LogP contribution >= 0.6 is 11.8 Å². The third kappa shape index (κ3) is 4.33. The molecule has 0 aliphatic heterocycles. The van der Waals surface area contributed by atoms with Gasteiger partial charge in [0.05, 0.1) is 23.4 Å². The number of ether oxygens (including phenoxy) is 1. The van der Waals surface area contributed by atoms with Crippen molar-refractivity contribution in [3.63, 3.8) is 0 Å². The first-order valence-electron chi connectivity index (χ1n) is 13.4. The molecule has 0 heterocycles. The Hall–Kier alpha value is -0.100. The number of ketones is 1. The monoisotopic (exact) mass is 466 g/mol. The minimum absolute atomic E-state index is 0.0109. The molecule has 0 spiro atoms. The number of hydrogen-bond donors (Lipinski definition) is 2. The zero-order valence-electron chi connectivity index (χ0n) is 20.7. The molecule has 4 saturated carbocycles. The number of Topliss-reactive ketones (excluding diaryl/α,β-unsaturated/α-hetero) is 1. The Morgan fingerprint density at radius 1 is 1.09 bits per heavy atom. The second-order valence-corrected chi connectivity index (χ2v) is 13.1. The summed E-state index contributed by atoms with van der Waals surface area (Å²) in [5.41, 5.74) is -0.0317. The maximum atomic E-state index is 13.2. The van der Waals surface area contributed by atoms with Gasteiger partial charge in [-0.15, -0.1) is 11.8 Å². The van der Waals surface area contributed by atoms with E-state index in [4.69, 9.17) is 4.74 Å². The van der Waals surface area contributed by atoms with E-state index in [1.807, 2.05) is 6.92 Å². The van der Waals surface area contributed by atoms with Gasteiger partial charge in [-0.3, -0.25) is 4.79 Å². The Morgan fingerprint density at radius 2 is 1.84 bits per heavy atom. The van der Waals surface area contributed by atoms with Crippen LogP contribution in [0.2, 0.25) is 0 Å². The number of rotatable bonds is 8. The van der Waals surface area contributed by atoms with E-state index in [9.17, 15) is 15.0 Å². The Bertz CT molecular complexity index is 670. The molecule has 4 nitrogen and oxygen atoms in total. The van der Waals surface area contributed by atoms with Crippen LogP contribution in [0.1, 0.15) is 91.9 Å². The number of fused-ring (bicyclic) bond motifs is 5. The molecule has 4 aliphatic carbocycles. The highest BCUT2D eigenvalue weighted by molar-refractivity contribution is 8.00. The second-order valence-electron chi connectivity index (χ2n) is 11.9. The van der Waals surface area contributed by atoms with Gasteiger partial charge in [0.2, 0.25) is 0 Å². The average molecular weight is 467 g/mol. The van der Waals surface area contributed by atoms with Crippen LogP contribution in [0.3, 0.4) is 0 Å². The molecule has 4 fully saturated rings. The zero-order chi connectivity index (χ0) is 23.1. The van der Waals surface area contributed by atoms with Gasteiger partial charge in [-0.05, 0) is 98.7 Å². The first-order chi connectivity index (χ1) is 15.2. The van der Waals surface area contributed by atoms with Gasteiger partial charge in [0.1, 0.15) is 5.78 Å². The Morgan fingerprint density at radius 3 is 2.56 bits per heavy atom. The minimum Gasteiger partial charge on any atom is -0.390 e. The number of carbonyl (C=O) groups excluding carboxylic acids is 1. The highest BCUT2D eigenvalue weighted by atomic mass is 32.2. The molecule has 2 N–H and O–H groups in total. The number of aliphatic hydroxyl groups excluding tert-OH is 2. The largest absolute Gasteiger partial charge is 0.390 e. The van der Waals surface area contributed by atoms with Gasteiger partial charge in [-0.1, -0.05) is 27.7 Å². The molecular formula is C27H46O4S. The van der Waals surface area contributed by atoms with Crippen LogP contribution in [-0.2, 0) is 9.53 Å². The van der Waals surface area contributed by atoms with E-state index < -0.39 is 5.44 Å². The van der Waals surface area contributed by atoms with E-state index in [-0.39, 0.29) is 29.0 Å². The molecule has 0 amide bonds. The van der Waals surface area contributed by atoms with Crippen molar-refractivity contribution in [2.75, 3.05) is 12.4 Å². The maximum absolute atomic E-state index is 13.2. The number of carbonyl (C=O) groups is 1. The molecule has 0 saturated heterocycles. The molecule has 0 radical (unpaired) electrons. The first kappa shape index (κ1) is 25.0. The summed E-state index contributed by atoms with van der Waals surface area (Å²) in [5, 5.41) is 20.7. The van der Waals surface area contributed by atoms with E-state index in [0.717, 1.165) is 38.7 Å². The van der Waals surface area contributed by atoms with Gasteiger partial charge in [0.25, 0.3) is 0 Å². The summed E-state index contributed by atoms with van der Waals surface area (Å²) in [6, 6.07) is 0. The molecule has 0 aromatic rings. The molecule has 184 valence electrons. The van der Waals surface area contributed by atoms with Crippen molar-refractivity contribution in [1.29, 1.82) is 0 Å². The second kappa shape index (κ2) is 9.87. The summed E-state index contributed by atoms with van der Waals surface area (Å²) >= 11 is 1.42. The summed E-state index contributed by atoms with van der Waals surface area (Å²) in [7, 11) is 0. The molecular weight excluding hydrogens is 420 g/mol. The normalized spacial score (nSPS) is 46.8. The highest BCUT2D eigenvalue weighted by Gasteiger charge is 2.62. The summed E-state index contributed by atoms with van der Waals surface area (Å²) in [5.74, 6) is 3.67. The Balaban J connectivity index is 1.48. The topological polar surface area (TPSA) is 66.8 Å². The maximum Gasteiger partial charge on any atom is 0.146 e. The van der Waals surface area contributed by atoms with Crippen molar-refractivity contribution >= 4 is 17.5 Å². The molecule has 0 aromatic heterocycles. The van der Waals surface area contributed by atoms with Crippen LogP contribution in [0.15, 0.2) is 0 Å². The Kier molecular flexibility index (Phi) is 7.71. The summed E-state index contributed by atoms with van der Waals surface area (Å²) < 4.78 is 6.13. The van der Waals surface area contributed by atoms with Crippen molar-refractivity contribution < 1.29 is 19.7 Å². The molecule has 5 heteroatoms. The quantitative estimate of drug-likeness (QED) is 0.466. The number of thioether (sulfide) groups is 1. The molecule has 0 aromatic carbocycles. The zero-order valence-corrected chi connectivity index (χ0v) is 21.5. The van der Waals surface area contributed by atoms with Gasteiger partial charge < -0.3 is 14.9 Å². The predicted octanol–water partition coefficient (Wildman–Crippen LogP) is 5.44. The van der Waals surface area contributed by atoms with Crippen molar-refractivity contribution in [2.45, 2.75) is 110 Å². The summed E-state index contributed by atoms with van der Waals surface area (Å²) in [6.07, 6.45) is 10.4. The lowest BCUT2D eigenvalue weighted by molar-refractivity contribution is -0.172. The fraction of sp³-hybridized carbons (Fsp3) is 0.963. The average Bonchev–Trinajstić information content (AvgIpc) is 3.13. The molecule has 4 aliphatic rings. The van der Waals surface area contributed by atoms with Crippen LogP contribution < -0.4 is 0 Å². The summed E-state index contributed by atoms with van der Waals surface area (Å²) in [6.45, 7) is 9.76. The number of hydrogen-bond acceptors (Lipinski definition) is 5. The van der Waals surface area contributed by atoms with Gasteiger partial charge in [-0.2, -0.15) is 0 Å². The van der Waals surface area contributed by atoms with Crippen LogP contribution in [0, 0.1) is 40.4 Å². The number of aliphatic hydroxyl groups is 2. The van der Waals surface area contributed by atoms with Crippen molar-refractivity contribution in [1.82, 2.24) is 0 Å². The third-order valence-corrected chi connectivity index (χ3v) is 11.5. The molecule has 10 atom stereocenters. The lowest BCUT2D eigenvalue weighted by Crippen LogP contribution is -2.57. The van der Waals surface area contributed by atoms with E-state index in [0.29, 0.717) is 41.6 Å². The summed E-state index contributed by atoms with van der Waals surface area (Å²) in [4.78, 5) is 13.2. The van der Waals surface area contributed by atoms with Crippen molar-refractivity contribution in [3.8, 4) is 0 Å². The van der Waals surface area contributed by atoms with Crippen LogP contribution in [0.25, 0.3) is 0 Å². The van der Waals surface area contributed by atoms with Gasteiger partial charge in [0, 0.05) is 12.5 Å². The van der Waals surface area contributed by atoms with E-state index in [2.05, 4.69) is 20.8 Å². The molecule has 4 rings (SSSR count). The standard InChI is InChI=1S/C27H46O4S/c1-5-13-31-24-15-27(4)17(14-22(24)28)7-8-18-19-9-10-21(23(29)16-32-25(30)6-2)26(19,3)12-11-20(18)27/h17-22,24-25,28,30H,5-16H2,1-4H3/t17-,18-,19-,20-,21+,22-,24-,25?,26-,27-/m0/s1. The first-order valence-corrected chi connectivity index (χ1v) is 14.4. The van der Waals surface area contributed by atoms with Crippen LogP contribution in [0.4, 0.5) is 0 Å². The van der Waals surface area contributed by atoms with Crippen LogP contribution in [0.5, 0.6) is 0 Å². The molecule has 32 heavy (non-hydrogen) atoms. The lowest BCUT2D eigenvalue weighted by atomic mass is 9.44. The SMILES string of the molecule is CCCO[C@H]1C[C@@]2(C)[C@@H](CC[C@@H]3[C@@H]2CC[C@]2(C)[C@@H](C(=O)CSC(O)CC)CC[C@@H]32)C[C@@H]1O. The van der Waals surface area contributed by atoms with Gasteiger partial charge >= 0.3 is 0 Å². The van der Waals surface area contributed by atoms with Crippen LogP contribution in [-0.4, -0.2) is 46.0 Å². The Labute approximate surface area is 199 Å². The van der Waals surface area contributed by atoms with E-state index in [1.165, 1.54) is 37.4 Å². The smallest absolute Gasteiger partial charge is 0.146 e. The van der Waals surface area contributed by atoms with Crippen molar-refractivity contribution in [2.24, 2.45) is 40.4 Å².